The Balaban J connectivity index is 2.41. The molecule has 0 aromatic heterocycles. The highest BCUT2D eigenvalue weighted by Crippen LogP contribution is 2.21. The van der Waals surface area contributed by atoms with Crippen molar-refractivity contribution < 1.29 is 4.84 Å². The zero-order chi connectivity index (χ0) is 12.6. The maximum atomic E-state index is 5.42. The average Bonchev–Trinajstić information content (AvgIpc) is 2.25. The molecule has 1 aromatic rings. The van der Waals surface area contributed by atoms with Crippen LogP contribution in [0.5, 0.6) is 0 Å². The Morgan fingerprint density at radius 1 is 1.24 bits per heavy atom. The normalized spacial score (nSPS) is 24.2. The molecule has 0 radical (unpaired) electrons. The van der Waals surface area contributed by atoms with Gasteiger partial charge in [0.15, 0.2) is 11.9 Å². The fourth-order valence-electron chi connectivity index (χ4n) is 2.08. The van der Waals surface area contributed by atoms with E-state index in [1.54, 1.807) is 0 Å². The lowest BCUT2D eigenvalue weighted by atomic mass is 10.0. The molecule has 0 saturated carbocycles. The van der Waals surface area contributed by atoms with E-state index < -0.39 is 0 Å². The van der Waals surface area contributed by atoms with Crippen LogP contribution in [0.3, 0.4) is 0 Å². The first-order valence-corrected chi connectivity index (χ1v) is 7.74. The van der Waals surface area contributed by atoms with Crippen molar-refractivity contribution in [2.75, 3.05) is 12.0 Å². The molecule has 0 fully saturated rings. The number of aryl methyl sites for hydroxylation is 2. The van der Waals surface area contributed by atoms with Crippen LogP contribution in [0.25, 0.3) is 0 Å². The minimum Gasteiger partial charge on any atom is -0.384 e. The van der Waals surface area contributed by atoms with Crippen molar-refractivity contribution in [3.8, 4) is 0 Å². The van der Waals surface area contributed by atoms with E-state index in [1.807, 2.05) is 0 Å². The van der Waals surface area contributed by atoms with E-state index in [1.165, 1.54) is 22.3 Å². The van der Waals surface area contributed by atoms with Crippen LogP contribution in [0.4, 0.5) is 0 Å². The molecule has 1 aromatic carbocycles. The number of hydrogen-bond donors (Lipinski definition) is 0. The van der Waals surface area contributed by atoms with Crippen LogP contribution in [0.15, 0.2) is 17.3 Å². The monoisotopic (exact) mass is 250 g/mol. The van der Waals surface area contributed by atoms with Crippen LogP contribution >= 0.6 is 0 Å². The highest BCUT2D eigenvalue weighted by molar-refractivity contribution is 8.11. The Bertz CT molecular complexity index is 444. The Morgan fingerprint density at radius 3 is 2.35 bits per heavy atom. The zero-order valence-electron chi connectivity index (χ0n) is 11.2. The molecule has 2 unspecified atom stereocenters. The topological polar surface area (TPSA) is 21.6 Å². The van der Waals surface area contributed by atoms with Gasteiger partial charge in [-0.15, -0.1) is 0 Å². The lowest BCUT2D eigenvalue weighted by Gasteiger charge is -2.17. The SMILES string of the molecule is Cc1cc(C2=NOC(C)C[S+]2C)cc(C)c1C. The Labute approximate surface area is 106 Å². The molecule has 0 N–H and O–H groups in total. The number of hydrogen-bond acceptors (Lipinski definition) is 2. The molecule has 17 heavy (non-hydrogen) atoms. The van der Waals surface area contributed by atoms with Crippen molar-refractivity contribution in [3.63, 3.8) is 0 Å². The van der Waals surface area contributed by atoms with Gasteiger partial charge in [0, 0.05) is 10.9 Å². The van der Waals surface area contributed by atoms with Gasteiger partial charge in [-0.1, -0.05) is 0 Å². The molecule has 2 rings (SSSR count). The molecular weight excluding hydrogens is 230 g/mol. The highest BCUT2D eigenvalue weighted by atomic mass is 32.2. The van der Waals surface area contributed by atoms with Crippen LogP contribution in [0.1, 0.15) is 29.2 Å². The van der Waals surface area contributed by atoms with E-state index in [4.69, 9.17) is 4.84 Å². The molecule has 2 nitrogen and oxygen atoms in total. The third kappa shape index (κ3) is 2.49. The average molecular weight is 250 g/mol. The van der Waals surface area contributed by atoms with Gasteiger partial charge in [-0.3, -0.25) is 0 Å². The minimum atomic E-state index is 0.193. The summed E-state index contributed by atoms with van der Waals surface area (Å²) in [5, 5.41) is 5.42. The van der Waals surface area contributed by atoms with Crippen LogP contribution in [0, 0.1) is 20.8 Å². The first-order chi connectivity index (χ1) is 7.99. The van der Waals surface area contributed by atoms with Gasteiger partial charge in [0.05, 0.1) is 5.56 Å². The van der Waals surface area contributed by atoms with E-state index in [0.29, 0.717) is 0 Å². The molecule has 92 valence electrons. The summed E-state index contributed by atoms with van der Waals surface area (Å²) in [6.45, 7) is 8.57. The van der Waals surface area contributed by atoms with Crippen molar-refractivity contribution in [2.24, 2.45) is 5.16 Å². The smallest absolute Gasteiger partial charge is 0.287 e. The standard InChI is InChI=1S/C14H20NOS/c1-9-6-13(7-10(2)12(9)4)14-15-16-11(3)8-17(14)5/h6-7,11H,8H2,1-5H3/q+1. The predicted molar refractivity (Wildman–Crippen MR) is 75.9 cm³/mol. The van der Waals surface area contributed by atoms with Crippen molar-refractivity contribution in [3.05, 3.63) is 34.4 Å². The maximum Gasteiger partial charge on any atom is 0.287 e. The molecule has 0 bridgehead atoms. The summed E-state index contributed by atoms with van der Waals surface area (Å²) in [4.78, 5) is 5.42. The Hall–Kier alpha value is -0.960. The van der Waals surface area contributed by atoms with Crippen molar-refractivity contribution in [1.82, 2.24) is 0 Å². The van der Waals surface area contributed by atoms with Crippen molar-refractivity contribution in [2.45, 2.75) is 33.8 Å². The molecule has 1 aliphatic heterocycles. The van der Waals surface area contributed by atoms with Gasteiger partial charge in [-0.05, 0) is 61.7 Å². The maximum absolute atomic E-state index is 5.42. The number of oxime groups is 1. The van der Waals surface area contributed by atoms with E-state index in [0.717, 1.165) is 10.8 Å². The molecule has 0 spiro atoms. The Morgan fingerprint density at radius 2 is 1.82 bits per heavy atom. The van der Waals surface area contributed by atoms with Gasteiger partial charge in [-0.25, -0.2) is 0 Å². The lowest BCUT2D eigenvalue weighted by Crippen LogP contribution is -2.31. The quantitative estimate of drug-likeness (QED) is 0.702. The van der Waals surface area contributed by atoms with Gasteiger partial charge in [0.1, 0.15) is 6.26 Å². The van der Waals surface area contributed by atoms with Crippen LogP contribution in [-0.2, 0) is 15.7 Å². The fourth-order valence-corrected chi connectivity index (χ4v) is 3.69. The third-order valence-electron chi connectivity index (χ3n) is 3.30. The number of rotatable bonds is 1. The molecule has 0 amide bonds. The van der Waals surface area contributed by atoms with E-state index in [-0.39, 0.29) is 17.0 Å². The Kier molecular flexibility index (Phi) is 3.48. The van der Waals surface area contributed by atoms with Crippen molar-refractivity contribution in [1.29, 1.82) is 0 Å². The second-order valence-corrected chi connectivity index (χ2v) is 6.85. The molecule has 0 saturated heterocycles. The summed E-state index contributed by atoms with van der Waals surface area (Å²) in [7, 11) is 0.193. The first kappa shape index (κ1) is 12.5. The van der Waals surface area contributed by atoms with Crippen molar-refractivity contribution >= 4 is 15.9 Å². The highest BCUT2D eigenvalue weighted by Gasteiger charge is 2.31. The largest absolute Gasteiger partial charge is 0.384 e. The summed E-state index contributed by atoms with van der Waals surface area (Å²) < 4.78 is 0. The number of benzene rings is 1. The molecule has 0 aliphatic carbocycles. The summed E-state index contributed by atoms with van der Waals surface area (Å²) in [5.74, 6) is 1.07. The van der Waals surface area contributed by atoms with Gasteiger partial charge < -0.3 is 4.84 Å². The van der Waals surface area contributed by atoms with E-state index in [9.17, 15) is 0 Å². The van der Waals surface area contributed by atoms with Crippen LogP contribution in [0.2, 0.25) is 0 Å². The van der Waals surface area contributed by atoms with E-state index in [2.05, 4.69) is 51.2 Å². The summed E-state index contributed by atoms with van der Waals surface area (Å²) >= 11 is 0. The third-order valence-corrected chi connectivity index (χ3v) is 5.24. The second-order valence-electron chi connectivity index (χ2n) is 4.85. The number of nitrogens with zero attached hydrogens (tertiary/aromatic N) is 1. The second kappa shape index (κ2) is 4.73. The van der Waals surface area contributed by atoms with Gasteiger partial charge in [-0.2, -0.15) is 0 Å². The summed E-state index contributed by atoms with van der Waals surface area (Å²) in [6.07, 6.45) is 2.50. The minimum absolute atomic E-state index is 0.193. The van der Waals surface area contributed by atoms with Crippen LogP contribution in [-0.4, -0.2) is 23.2 Å². The molecule has 2 atom stereocenters. The van der Waals surface area contributed by atoms with Gasteiger partial charge >= 0.3 is 0 Å². The summed E-state index contributed by atoms with van der Waals surface area (Å²) in [6, 6.07) is 4.45. The molecular formula is C14H20NOS+. The lowest BCUT2D eigenvalue weighted by molar-refractivity contribution is 0.0872. The van der Waals surface area contributed by atoms with Gasteiger partial charge in [0.25, 0.3) is 5.04 Å². The fraction of sp³-hybridized carbons (Fsp3) is 0.500. The molecule has 1 heterocycles. The molecule has 1 aliphatic rings. The van der Waals surface area contributed by atoms with Crippen LogP contribution < -0.4 is 0 Å². The van der Waals surface area contributed by atoms with Gasteiger partial charge in [0.2, 0.25) is 0 Å². The molecule has 3 heteroatoms. The summed E-state index contributed by atoms with van der Waals surface area (Å²) in [5.41, 5.74) is 5.26. The predicted octanol–water partition coefficient (Wildman–Crippen LogP) is 2.94. The first-order valence-electron chi connectivity index (χ1n) is 5.93. The van der Waals surface area contributed by atoms with E-state index >= 15 is 0 Å². The zero-order valence-corrected chi connectivity index (χ0v) is 12.0.